The summed E-state index contributed by atoms with van der Waals surface area (Å²) in [5.41, 5.74) is 0.711. The normalized spacial score (nSPS) is 17.4. The molecule has 1 heterocycles. The van der Waals surface area contributed by atoms with Gasteiger partial charge >= 0.3 is 0 Å². The van der Waals surface area contributed by atoms with E-state index < -0.39 is 17.7 Å². The number of rotatable bonds is 9. The minimum atomic E-state index is -0.882. The smallest absolute Gasteiger partial charge is 0.295 e. The van der Waals surface area contributed by atoms with Gasteiger partial charge in [0, 0.05) is 12.1 Å². The Kier molecular flexibility index (Phi) is 7.68. The third kappa shape index (κ3) is 4.79. The van der Waals surface area contributed by atoms with Crippen LogP contribution in [0.3, 0.4) is 0 Å². The molecule has 2 N–H and O–H groups in total. The van der Waals surface area contributed by atoms with E-state index in [4.69, 9.17) is 14.2 Å². The van der Waals surface area contributed by atoms with Crippen molar-refractivity contribution in [2.75, 3.05) is 48.5 Å². The lowest BCUT2D eigenvalue weighted by atomic mass is 9.94. The molecule has 0 spiro atoms. The second-order valence-electron chi connectivity index (χ2n) is 8.15. The standard InChI is InChI=1S/C25H30N2O7/c1-26(2)11-6-12-27-22(15-7-9-18(32-3)17(28)13-15)21(24(30)25(27)31)23(29)16-8-10-19(33-4)20(14-16)34-5/h7-10,13-14,22,28-29H,6,11-12H2,1-5H3/b23-21-. The number of likely N-dealkylation sites (tertiary alicyclic amines) is 1. The Morgan fingerprint density at radius 1 is 0.971 bits per heavy atom. The average Bonchev–Trinajstić information content (AvgIpc) is 3.07. The molecule has 1 aliphatic rings. The van der Waals surface area contributed by atoms with Crippen molar-refractivity contribution in [1.29, 1.82) is 0 Å². The zero-order valence-electron chi connectivity index (χ0n) is 20.0. The van der Waals surface area contributed by atoms with E-state index in [0.717, 1.165) is 0 Å². The van der Waals surface area contributed by atoms with Gasteiger partial charge in [-0.25, -0.2) is 0 Å². The number of methoxy groups -OCH3 is 3. The number of benzene rings is 2. The molecule has 0 saturated carbocycles. The molecule has 3 rings (SSSR count). The summed E-state index contributed by atoms with van der Waals surface area (Å²) < 4.78 is 15.7. The number of phenols is 1. The molecule has 1 saturated heterocycles. The van der Waals surface area contributed by atoms with Crippen LogP contribution < -0.4 is 14.2 Å². The predicted octanol–water partition coefficient (Wildman–Crippen LogP) is 2.79. The maximum absolute atomic E-state index is 13.1. The fourth-order valence-corrected chi connectivity index (χ4v) is 4.03. The number of hydrogen-bond acceptors (Lipinski definition) is 8. The fourth-order valence-electron chi connectivity index (χ4n) is 4.03. The molecule has 0 bridgehead atoms. The van der Waals surface area contributed by atoms with Gasteiger partial charge in [0.25, 0.3) is 11.7 Å². The highest BCUT2D eigenvalue weighted by atomic mass is 16.5. The van der Waals surface area contributed by atoms with E-state index in [-0.39, 0.29) is 22.8 Å². The second-order valence-corrected chi connectivity index (χ2v) is 8.15. The zero-order chi connectivity index (χ0) is 25.0. The number of carbonyl (C=O) groups excluding carboxylic acids is 2. The molecule has 9 nitrogen and oxygen atoms in total. The van der Waals surface area contributed by atoms with Crippen molar-refractivity contribution in [2.24, 2.45) is 0 Å². The number of phenolic OH excluding ortho intramolecular Hbond substituents is 1. The monoisotopic (exact) mass is 470 g/mol. The Hall–Kier alpha value is -3.72. The van der Waals surface area contributed by atoms with Crippen LogP contribution in [-0.4, -0.2) is 80.2 Å². The summed E-state index contributed by atoms with van der Waals surface area (Å²) in [5.74, 6) is -0.892. The third-order valence-electron chi connectivity index (χ3n) is 5.72. The first-order valence-corrected chi connectivity index (χ1v) is 10.8. The molecule has 34 heavy (non-hydrogen) atoms. The minimum Gasteiger partial charge on any atom is -0.507 e. The van der Waals surface area contributed by atoms with Crippen molar-refractivity contribution >= 4 is 17.4 Å². The first-order valence-electron chi connectivity index (χ1n) is 10.8. The van der Waals surface area contributed by atoms with E-state index in [1.165, 1.54) is 38.4 Å². The van der Waals surface area contributed by atoms with E-state index in [1.54, 1.807) is 24.3 Å². The topological polar surface area (TPSA) is 109 Å². The number of Topliss-reactive ketones (excluding diaryl/α,β-unsaturated/α-hetero) is 1. The minimum absolute atomic E-state index is 0.0633. The van der Waals surface area contributed by atoms with Gasteiger partial charge in [-0.15, -0.1) is 0 Å². The van der Waals surface area contributed by atoms with Crippen molar-refractivity contribution < 1.29 is 34.0 Å². The summed E-state index contributed by atoms with van der Waals surface area (Å²) in [6.07, 6.45) is 0.620. The SMILES string of the molecule is COc1ccc(C2/C(=C(/O)c3ccc(OC)c(OC)c3)C(=O)C(=O)N2CCCN(C)C)cc1O. The van der Waals surface area contributed by atoms with Crippen LogP contribution in [0.25, 0.3) is 5.76 Å². The predicted molar refractivity (Wildman–Crippen MR) is 126 cm³/mol. The number of carbonyl (C=O) groups is 2. The fraction of sp³-hybridized carbons (Fsp3) is 0.360. The lowest BCUT2D eigenvalue weighted by Crippen LogP contribution is -2.32. The van der Waals surface area contributed by atoms with Crippen LogP contribution in [-0.2, 0) is 9.59 Å². The summed E-state index contributed by atoms with van der Waals surface area (Å²) in [4.78, 5) is 29.6. The van der Waals surface area contributed by atoms with Gasteiger partial charge in [-0.3, -0.25) is 9.59 Å². The zero-order valence-corrected chi connectivity index (χ0v) is 20.0. The Balaban J connectivity index is 2.15. The van der Waals surface area contributed by atoms with Crippen LogP contribution in [0.4, 0.5) is 0 Å². The molecular weight excluding hydrogens is 440 g/mol. The first-order chi connectivity index (χ1) is 16.2. The van der Waals surface area contributed by atoms with Crippen molar-refractivity contribution in [3.63, 3.8) is 0 Å². The molecule has 1 aliphatic heterocycles. The van der Waals surface area contributed by atoms with Crippen molar-refractivity contribution in [3.8, 4) is 23.0 Å². The van der Waals surface area contributed by atoms with Gasteiger partial charge in [0.1, 0.15) is 5.76 Å². The second kappa shape index (κ2) is 10.5. The van der Waals surface area contributed by atoms with Crippen molar-refractivity contribution in [3.05, 3.63) is 53.1 Å². The number of amides is 1. The number of aromatic hydroxyl groups is 1. The molecule has 2 aromatic carbocycles. The molecule has 1 fully saturated rings. The summed E-state index contributed by atoms with van der Waals surface area (Å²) >= 11 is 0. The Morgan fingerprint density at radius 2 is 1.62 bits per heavy atom. The maximum Gasteiger partial charge on any atom is 0.295 e. The quantitative estimate of drug-likeness (QED) is 0.327. The molecule has 2 aromatic rings. The first kappa shape index (κ1) is 24.9. The van der Waals surface area contributed by atoms with Gasteiger partial charge in [-0.1, -0.05) is 6.07 Å². The highest BCUT2D eigenvalue weighted by molar-refractivity contribution is 6.46. The Morgan fingerprint density at radius 3 is 2.21 bits per heavy atom. The van der Waals surface area contributed by atoms with Crippen molar-refractivity contribution in [1.82, 2.24) is 9.80 Å². The largest absolute Gasteiger partial charge is 0.507 e. The summed E-state index contributed by atoms with van der Waals surface area (Å²) in [5, 5.41) is 21.6. The van der Waals surface area contributed by atoms with Crippen LogP contribution in [0.15, 0.2) is 42.0 Å². The van der Waals surface area contributed by atoms with Crippen LogP contribution in [0.5, 0.6) is 23.0 Å². The van der Waals surface area contributed by atoms with E-state index in [1.807, 2.05) is 19.0 Å². The molecule has 0 aromatic heterocycles. The number of hydrogen-bond donors (Lipinski definition) is 2. The van der Waals surface area contributed by atoms with Crippen LogP contribution in [0, 0.1) is 0 Å². The Labute approximate surface area is 198 Å². The van der Waals surface area contributed by atoms with Gasteiger partial charge < -0.3 is 34.2 Å². The van der Waals surface area contributed by atoms with Gasteiger partial charge in [-0.05, 0) is 63.0 Å². The van der Waals surface area contributed by atoms with Crippen LogP contribution >= 0.6 is 0 Å². The van der Waals surface area contributed by atoms with Gasteiger partial charge in [0.2, 0.25) is 0 Å². The molecule has 0 aliphatic carbocycles. The van der Waals surface area contributed by atoms with Gasteiger partial charge in [0.15, 0.2) is 23.0 Å². The molecule has 182 valence electrons. The average molecular weight is 471 g/mol. The van der Waals surface area contributed by atoms with Crippen LogP contribution in [0.2, 0.25) is 0 Å². The summed E-state index contributed by atoms with van der Waals surface area (Å²) in [6, 6.07) is 8.50. The van der Waals surface area contributed by atoms with E-state index in [2.05, 4.69) is 0 Å². The number of aliphatic hydroxyl groups is 1. The molecule has 0 radical (unpaired) electrons. The maximum atomic E-state index is 13.1. The van der Waals surface area contributed by atoms with E-state index in [9.17, 15) is 19.8 Å². The van der Waals surface area contributed by atoms with Gasteiger partial charge in [0.05, 0.1) is 32.9 Å². The van der Waals surface area contributed by atoms with Gasteiger partial charge in [-0.2, -0.15) is 0 Å². The van der Waals surface area contributed by atoms with Crippen LogP contribution in [0.1, 0.15) is 23.6 Å². The van der Waals surface area contributed by atoms with Crippen molar-refractivity contribution in [2.45, 2.75) is 12.5 Å². The van der Waals surface area contributed by atoms with E-state index >= 15 is 0 Å². The lowest BCUT2D eigenvalue weighted by molar-refractivity contribution is -0.139. The molecule has 1 unspecified atom stereocenters. The number of aliphatic hydroxyl groups excluding tert-OH is 1. The number of nitrogens with zero attached hydrogens (tertiary/aromatic N) is 2. The number of ketones is 1. The van der Waals surface area contributed by atoms with E-state index in [0.29, 0.717) is 42.1 Å². The molecular formula is C25H30N2O7. The Bertz CT molecular complexity index is 1110. The third-order valence-corrected chi connectivity index (χ3v) is 5.72. The summed E-state index contributed by atoms with van der Waals surface area (Å²) in [6.45, 7) is 1.00. The molecule has 9 heteroatoms. The molecule has 1 atom stereocenters. The number of ether oxygens (including phenoxy) is 3. The highest BCUT2D eigenvalue weighted by Gasteiger charge is 2.46. The molecule has 1 amide bonds. The lowest BCUT2D eigenvalue weighted by Gasteiger charge is -2.26. The summed E-state index contributed by atoms with van der Waals surface area (Å²) in [7, 11) is 8.23. The highest BCUT2D eigenvalue weighted by Crippen LogP contribution is 2.42.